The van der Waals surface area contributed by atoms with Crippen LogP contribution in [-0.4, -0.2) is 38.2 Å². The van der Waals surface area contributed by atoms with E-state index in [0.717, 1.165) is 43.6 Å². The SMILES string of the molecule is CN(Cc1ccccc1CNC(=O)Cn1nc2n(c1=O)CCCCC2)C1CCCCC1. The van der Waals surface area contributed by atoms with E-state index in [0.29, 0.717) is 19.1 Å². The number of fused-ring (bicyclic) bond motifs is 1. The Morgan fingerprint density at radius 2 is 1.84 bits per heavy atom. The van der Waals surface area contributed by atoms with Crippen LogP contribution in [0.3, 0.4) is 0 Å². The van der Waals surface area contributed by atoms with Crippen molar-refractivity contribution in [1.82, 2.24) is 24.6 Å². The predicted molar refractivity (Wildman–Crippen MR) is 121 cm³/mol. The summed E-state index contributed by atoms with van der Waals surface area (Å²) in [4.78, 5) is 27.6. The lowest BCUT2D eigenvalue weighted by molar-refractivity contribution is -0.122. The molecule has 1 aromatic heterocycles. The molecule has 1 fully saturated rings. The number of aromatic nitrogens is 3. The fraction of sp³-hybridized carbons (Fsp3) is 0.625. The van der Waals surface area contributed by atoms with E-state index in [1.165, 1.54) is 42.3 Å². The smallest absolute Gasteiger partial charge is 0.346 e. The maximum Gasteiger partial charge on any atom is 0.346 e. The zero-order valence-electron chi connectivity index (χ0n) is 18.7. The van der Waals surface area contributed by atoms with E-state index < -0.39 is 0 Å². The molecule has 1 amide bonds. The van der Waals surface area contributed by atoms with Crippen LogP contribution < -0.4 is 11.0 Å². The van der Waals surface area contributed by atoms with E-state index in [9.17, 15) is 9.59 Å². The second kappa shape index (κ2) is 10.3. The highest BCUT2D eigenvalue weighted by Gasteiger charge is 2.20. The zero-order valence-corrected chi connectivity index (χ0v) is 18.7. The van der Waals surface area contributed by atoms with Crippen LogP contribution in [0.25, 0.3) is 0 Å². The van der Waals surface area contributed by atoms with E-state index in [1.54, 1.807) is 4.57 Å². The van der Waals surface area contributed by atoms with E-state index in [2.05, 4.69) is 40.6 Å². The van der Waals surface area contributed by atoms with Crippen molar-refractivity contribution < 1.29 is 4.79 Å². The third kappa shape index (κ3) is 5.45. The summed E-state index contributed by atoms with van der Waals surface area (Å²) in [6, 6.07) is 8.96. The molecule has 1 aliphatic heterocycles. The third-order valence-corrected chi connectivity index (χ3v) is 6.79. The Hall–Kier alpha value is -2.41. The molecule has 2 heterocycles. The highest BCUT2D eigenvalue weighted by Crippen LogP contribution is 2.23. The number of hydrogen-bond donors (Lipinski definition) is 1. The molecule has 0 unspecified atom stereocenters. The summed E-state index contributed by atoms with van der Waals surface area (Å²) in [7, 11) is 2.21. The van der Waals surface area contributed by atoms with Gasteiger partial charge in [0.2, 0.25) is 5.91 Å². The molecule has 1 saturated carbocycles. The van der Waals surface area contributed by atoms with Crippen molar-refractivity contribution in [1.29, 1.82) is 0 Å². The first-order chi connectivity index (χ1) is 15.1. The number of carbonyl (C=O) groups is 1. The second-order valence-corrected chi connectivity index (χ2v) is 9.07. The first-order valence-corrected chi connectivity index (χ1v) is 11.8. The van der Waals surface area contributed by atoms with Crippen LogP contribution in [0.1, 0.15) is 68.3 Å². The summed E-state index contributed by atoms with van der Waals surface area (Å²) in [5, 5.41) is 7.41. The molecule has 168 valence electrons. The average molecular weight is 426 g/mol. The van der Waals surface area contributed by atoms with E-state index in [4.69, 9.17) is 0 Å². The monoisotopic (exact) mass is 425 g/mol. The van der Waals surface area contributed by atoms with Gasteiger partial charge in [-0.15, -0.1) is 0 Å². The van der Waals surface area contributed by atoms with Gasteiger partial charge in [0.1, 0.15) is 12.4 Å². The maximum absolute atomic E-state index is 12.6. The van der Waals surface area contributed by atoms with Gasteiger partial charge in [0.15, 0.2) is 0 Å². The van der Waals surface area contributed by atoms with Gasteiger partial charge in [-0.1, -0.05) is 49.9 Å². The maximum atomic E-state index is 12.6. The Kier molecular flexibility index (Phi) is 7.22. The number of hydrogen-bond acceptors (Lipinski definition) is 4. The van der Waals surface area contributed by atoms with Crippen molar-refractivity contribution in [2.24, 2.45) is 0 Å². The van der Waals surface area contributed by atoms with Crippen molar-refractivity contribution in [2.75, 3.05) is 7.05 Å². The molecule has 7 nitrogen and oxygen atoms in total. The highest BCUT2D eigenvalue weighted by atomic mass is 16.2. The van der Waals surface area contributed by atoms with Crippen molar-refractivity contribution in [3.05, 3.63) is 51.7 Å². The molecule has 0 saturated heterocycles. The van der Waals surface area contributed by atoms with Gasteiger partial charge < -0.3 is 5.32 Å². The normalized spacial score (nSPS) is 17.4. The van der Waals surface area contributed by atoms with Gasteiger partial charge in [0.05, 0.1) is 0 Å². The fourth-order valence-electron chi connectivity index (χ4n) is 4.92. The molecule has 0 spiro atoms. The molecule has 2 aromatic rings. The van der Waals surface area contributed by atoms with Gasteiger partial charge in [-0.2, -0.15) is 5.10 Å². The molecule has 2 aliphatic rings. The van der Waals surface area contributed by atoms with Crippen molar-refractivity contribution >= 4 is 5.91 Å². The van der Waals surface area contributed by atoms with Crippen LogP contribution in [0.4, 0.5) is 0 Å². The molecule has 0 bridgehead atoms. The number of amides is 1. The Morgan fingerprint density at radius 1 is 1.10 bits per heavy atom. The molecule has 1 aliphatic carbocycles. The minimum absolute atomic E-state index is 0.0248. The number of carbonyl (C=O) groups excluding carboxylic acids is 1. The molecule has 0 atom stereocenters. The van der Waals surface area contributed by atoms with Crippen LogP contribution in [-0.2, 0) is 37.4 Å². The van der Waals surface area contributed by atoms with Gasteiger partial charge in [-0.3, -0.25) is 14.3 Å². The fourth-order valence-corrected chi connectivity index (χ4v) is 4.92. The Labute approximate surface area is 184 Å². The number of aryl methyl sites for hydroxylation is 1. The van der Waals surface area contributed by atoms with Gasteiger partial charge in [0.25, 0.3) is 0 Å². The lowest BCUT2D eigenvalue weighted by Gasteiger charge is -2.31. The van der Waals surface area contributed by atoms with Crippen molar-refractivity contribution in [2.45, 2.75) is 90.0 Å². The predicted octanol–water partition coefficient (Wildman–Crippen LogP) is 2.85. The summed E-state index contributed by atoms with van der Waals surface area (Å²) >= 11 is 0. The highest BCUT2D eigenvalue weighted by molar-refractivity contribution is 5.75. The number of nitrogens with one attached hydrogen (secondary N) is 1. The number of rotatable bonds is 7. The summed E-state index contributed by atoms with van der Waals surface area (Å²) < 4.78 is 3.05. The molecular weight excluding hydrogens is 390 g/mol. The van der Waals surface area contributed by atoms with Gasteiger partial charge in [-0.05, 0) is 43.9 Å². The molecular formula is C24H35N5O2. The Bertz CT molecular complexity index is 942. The number of nitrogens with zero attached hydrogens (tertiary/aromatic N) is 4. The first kappa shape index (κ1) is 21.8. The summed E-state index contributed by atoms with van der Waals surface area (Å²) in [5.41, 5.74) is 2.22. The topological polar surface area (TPSA) is 72.2 Å². The minimum Gasteiger partial charge on any atom is -0.350 e. The summed E-state index contributed by atoms with van der Waals surface area (Å²) in [5.74, 6) is 0.636. The second-order valence-electron chi connectivity index (χ2n) is 9.07. The van der Waals surface area contributed by atoms with Crippen LogP contribution in [0.15, 0.2) is 29.1 Å². The summed E-state index contributed by atoms with van der Waals surface area (Å²) in [6.45, 7) is 2.04. The van der Waals surface area contributed by atoms with Crippen LogP contribution in [0.2, 0.25) is 0 Å². The van der Waals surface area contributed by atoms with Crippen molar-refractivity contribution in [3.8, 4) is 0 Å². The largest absolute Gasteiger partial charge is 0.350 e. The Morgan fingerprint density at radius 3 is 2.65 bits per heavy atom. The van der Waals surface area contributed by atoms with E-state index in [1.807, 2.05) is 6.07 Å². The lowest BCUT2D eigenvalue weighted by atomic mass is 9.94. The molecule has 0 radical (unpaired) electrons. The lowest BCUT2D eigenvalue weighted by Crippen LogP contribution is -2.34. The first-order valence-electron chi connectivity index (χ1n) is 11.8. The standard InChI is InChI=1S/C24H35N5O2/c1-27(21-12-4-2-5-13-21)17-20-11-8-7-10-19(20)16-25-23(30)18-29-24(31)28-15-9-3-6-14-22(28)26-29/h7-8,10-11,21H,2-6,9,12-18H2,1H3,(H,25,30). The third-order valence-electron chi connectivity index (χ3n) is 6.79. The van der Waals surface area contributed by atoms with Gasteiger partial charge in [-0.25, -0.2) is 9.48 Å². The quantitative estimate of drug-likeness (QED) is 0.740. The number of benzene rings is 1. The van der Waals surface area contributed by atoms with Crippen LogP contribution >= 0.6 is 0 Å². The summed E-state index contributed by atoms with van der Waals surface area (Å²) in [6.07, 6.45) is 10.5. The van der Waals surface area contributed by atoms with E-state index in [-0.39, 0.29) is 18.1 Å². The zero-order chi connectivity index (χ0) is 21.6. The Balaban J connectivity index is 1.35. The molecule has 4 rings (SSSR count). The van der Waals surface area contributed by atoms with Crippen molar-refractivity contribution in [3.63, 3.8) is 0 Å². The molecule has 1 aromatic carbocycles. The average Bonchev–Trinajstić information content (AvgIpc) is 2.94. The molecule has 31 heavy (non-hydrogen) atoms. The molecule has 1 N–H and O–H groups in total. The van der Waals surface area contributed by atoms with E-state index >= 15 is 0 Å². The van der Waals surface area contributed by atoms with Gasteiger partial charge >= 0.3 is 5.69 Å². The minimum atomic E-state index is -0.175. The van der Waals surface area contributed by atoms with Gasteiger partial charge in [0, 0.05) is 32.1 Å². The van der Waals surface area contributed by atoms with Crippen LogP contribution in [0.5, 0.6) is 0 Å². The molecule has 7 heteroatoms. The van der Waals surface area contributed by atoms with Crippen LogP contribution in [0, 0.1) is 0 Å².